The van der Waals surface area contributed by atoms with Crippen molar-refractivity contribution in [2.75, 3.05) is 41.3 Å². The lowest BCUT2D eigenvalue weighted by molar-refractivity contribution is 0.0687. The molecule has 4 rings (SSSR count). The van der Waals surface area contributed by atoms with Crippen molar-refractivity contribution in [3.63, 3.8) is 0 Å². The fraction of sp³-hybridized carbons (Fsp3) is 0.333. The molecule has 0 fully saturated rings. The van der Waals surface area contributed by atoms with Crippen LogP contribution in [0.15, 0.2) is 77.2 Å². The molecule has 176 valence electrons. The smallest absolute Gasteiger partial charge is 0.328 e. The number of hydrogen-bond donors (Lipinski definition) is 2. The van der Waals surface area contributed by atoms with Gasteiger partial charge in [0.15, 0.2) is 11.5 Å². The number of aliphatic imine (C=N–C) groups is 1. The maximum absolute atomic E-state index is 11.5. The van der Waals surface area contributed by atoms with Crippen molar-refractivity contribution in [3.05, 3.63) is 83.4 Å². The highest BCUT2D eigenvalue weighted by Crippen LogP contribution is 2.26. The Labute approximate surface area is 199 Å². The van der Waals surface area contributed by atoms with Gasteiger partial charge >= 0.3 is 6.03 Å². The summed E-state index contributed by atoms with van der Waals surface area (Å²) in [6, 6.07) is 20.4. The summed E-state index contributed by atoms with van der Waals surface area (Å²) in [5.74, 6) is -0.141. The van der Waals surface area contributed by atoms with Crippen LogP contribution in [0.3, 0.4) is 0 Å². The minimum atomic E-state index is -0.536. The molecule has 2 aromatic rings. The van der Waals surface area contributed by atoms with Crippen LogP contribution in [-0.2, 0) is 4.74 Å². The third kappa shape index (κ3) is 6.04. The molecule has 0 aromatic heterocycles. The van der Waals surface area contributed by atoms with Crippen LogP contribution in [0.4, 0.5) is 4.79 Å². The largest absolute Gasteiger partial charge is 0.493 e. The van der Waals surface area contributed by atoms with Gasteiger partial charge in [-0.15, -0.1) is 0 Å². The molecule has 0 radical (unpaired) electrons. The number of aliphatic hydroxyl groups is 1. The number of likely N-dealkylation sites (N-methyl/N-ethyl adjacent to an activating group) is 2. The summed E-state index contributed by atoms with van der Waals surface area (Å²) < 4.78 is 6.08. The number of aliphatic hydroxyl groups excluding tert-OH is 1. The monoisotopic (exact) mass is 471 g/mol. The van der Waals surface area contributed by atoms with Crippen molar-refractivity contribution in [1.82, 2.24) is 20.0 Å². The Bertz CT molecular complexity index is 958. The van der Waals surface area contributed by atoms with E-state index in [4.69, 9.17) is 16.3 Å². The molecule has 2 aliphatic heterocycles. The van der Waals surface area contributed by atoms with Crippen molar-refractivity contribution in [2.45, 2.75) is 12.3 Å². The van der Waals surface area contributed by atoms with Gasteiger partial charge in [0, 0.05) is 20.6 Å². The van der Waals surface area contributed by atoms with Crippen molar-refractivity contribution in [3.8, 4) is 0 Å². The van der Waals surface area contributed by atoms with Gasteiger partial charge in [-0.25, -0.2) is 9.79 Å². The Morgan fingerprint density at radius 1 is 1.09 bits per heavy atom. The molecule has 2 aromatic carbocycles. The number of benzene rings is 2. The lowest BCUT2D eigenvalue weighted by atomic mass is 10.0. The number of amides is 2. The SMILES string of the molecule is CN(C)CCOC(c1ccccc1)c1ccccc1.CN1C(=O)N(C)C2N=C(Cl)NC2=C1O. The number of urea groups is 1. The first-order chi connectivity index (χ1) is 15.8. The van der Waals surface area contributed by atoms with Crippen LogP contribution in [0, 0.1) is 0 Å². The molecule has 2 amide bonds. The second-order valence-electron chi connectivity index (χ2n) is 7.98. The topological polar surface area (TPSA) is 80.6 Å². The zero-order valence-electron chi connectivity index (χ0n) is 19.3. The molecule has 33 heavy (non-hydrogen) atoms. The molecular weight excluding hydrogens is 442 g/mol. The molecule has 2 N–H and O–H groups in total. The number of nitrogens with one attached hydrogen (secondary N) is 1. The van der Waals surface area contributed by atoms with E-state index in [-0.39, 0.29) is 23.3 Å². The number of fused-ring (bicyclic) bond motifs is 1. The summed E-state index contributed by atoms with van der Waals surface area (Å²) in [7, 11) is 7.19. The molecule has 0 bridgehead atoms. The maximum Gasteiger partial charge on any atom is 0.328 e. The summed E-state index contributed by atoms with van der Waals surface area (Å²) in [4.78, 5) is 20.1. The standard InChI is InChI=1S/C17H21NO.C7H9ClN4O2/c1-18(2)13-14-19-17(15-9-5-3-6-10-15)16-11-7-4-8-12-16;1-11-4-3(9-6(8)10-4)5(13)12(2)7(11)14/h3-12,17H,13-14H2,1-2H3;4,13H,1-2H3,(H,9,10). The molecule has 2 heterocycles. The van der Waals surface area contributed by atoms with Gasteiger partial charge in [0.2, 0.25) is 5.88 Å². The van der Waals surface area contributed by atoms with Crippen molar-refractivity contribution in [2.24, 2.45) is 4.99 Å². The van der Waals surface area contributed by atoms with E-state index in [1.807, 2.05) is 12.1 Å². The highest BCUT2D eigenvalue weighted by atomic mass is 35.5. The van der Waals surface area contributed by atoms with Crippen LogP contribution in [0.1, 0.15) is 17.2 Å². The second-order valence-corrected chi connectivity index (χ2v) is 8.34. The van der Waals surface area contributed by atoms with Crippen molar-refractivity contribution >= 4 is 22.9 Å². The average Bonchev–Trinajstić information content (AvgIpc) is 3.22. The molecule has 0 saturated heterocycles. The fourth-order valence-electron chi connectivity index (χ4n) is 3.44. The predicted octanol–water partition coefficient (Wildman–Crippen LogP) is 3.59. The first-order valence-corrected chi connectivity index (χ1v) is 11.0. The Kier molecular flexibility index (Phi) is 8.32. The fourth-order valence-corrected chi connectivity index (χ4v) is 3.63. The molecular formula is C24H30ClN5O3. The number of rotatable bonds is 6. The van der Waals surface area contributed by atoms with Crippen LogP contribution >= 0.6 is 11.6 Å². The quantitative estimate of drug-likeness (QED) is 0.629. The van der Waals surface area contributed by atoms with Crippen molar-refractivity contribution in [1.29, 1.82) is 0 Å². The van der Waals surface area contributed by atoms with E-state index in [0.717, 1.165) is 18.1 Å². The lowest BCUT2D eigenvalue weighted by Gasteiger charge is -2.33. The van der Waals surface area contributed by atoms with Crippen LogP contribution in [0.2, 0.25) is 0 Å². The summed E-state index contributed by atoms with van der Waals surface area (Å²) in [6.07, 6.45) is -0.520. The second kappa shape index (κ2) is 11.2. The van der Waals surface area contributed by atoms with Gasteiger partial charge in [-0.2, -0.15) is 0 Å². The van der Waals surface area contributed by atoms with E-state index in [1.54, 1.807) is 7.05 Å². The Hall–Kier alpha value is -3.07. The van der Waals surface area contributed by atoms with Gasteiger partial charge in [0.05, 0.1) is 6.61 Å². The van der Waals surface area contributed by atoms with E-state index in [1.165, 1.54) is 23.1 Å². The van der Waals surface area contributed by atoms with E-state index >= 15 is 0 Å². The molecule has 1 atom stereocenters. The third-order valence-corrected chi connectivity index (χ3v) is 5.47. The van der Waals surface area contributed by atoms with Gasteiger partial charge in [0.25, 0.3) is 0 Å². The van der Waals surface area contributed by atoms with E-state index in [2.05, 4.69) is 77.8 Å². The molecule has 0 aliphatic carbocycles. The Balaban J connectivity index is 0.000000194. The summed E-state index contributed by atoms with van der Waals surface area (Å²) >= 11 is 5.65. The molecule has 9 heteroatoms. The van der Waals surface area contributed by atoms with Crippen molar-refractivity contribution < 1.29 is 14.6 Å². The first kappa shape index (κ1) is 24.6. The van der Waals surface area contributed by atoms with Gasteiger partial charge in [-0.05, 0) is 36.8 Å². The minimum Gasteiger partial charge on any atom is -0.493 e. The van der Waals surface area contributed by atoms with E-state index in [9.17, 15) is 9.90 Å². The number of carbonyl (C=O) groups is 1. The highest BCUT2D eigenvalue weighted by molar-refractivity contribution is 6.65. The number of ether oxygens (including phenoxy) is 1. The normalized spacial score (nSPS) is 17.6. The highest BCUT2D eigenvalue weighted by Gasteiger charge is 2.39. The molecule has 2 aliphatic rings. The molecule has 0 spiro atoms. The first-order valence-electron chi connectivity index (χ1n) is 10.6. The predicted molar refractivity (Wildman–Crippen MR) is 130 cm³/mol. The average molecular weight is 472 g/mol. The molecule has 0 saturated carbocycles. The van der Waals surface area contributed by atoms with Gasteiger partial charge in [-0.1, -0.05) is 60.7 Å². The van der Waals surface area contributed by atoms with Gasteiger partial charge < -0.3 is 20.1 Å². The van der Waals surface area contributed by atoms with Crippen LogP contribution in [0.5, 0.6) is 0 Å². The zero-order chi connectivity index (χ0) is 24.0. The number of nitrogens with zero attached hydrogens (tertiary/aromatic N) is 4. The third-order valence-electron chi connectivity index (χ3n) is 5.27. The lowest BCUT2D eigenvalue weighted by Crippen LogP contribution is -2.50. The summed E-state index contributed by atoms with van der Waals surface area (Å²) in [6.45, 7) is 1.65. The van der Waals surface area contributed by atoms with E-state index in [0.29, 0.717) is 5.70 Å². The van der Waals surface area contributed by atoms with Crippen LogP contribution < -0.4 is 5.32 Å². The van der Waals surface area contributed by atoms with Crippen LogP contribution in [0.25, 0.3) is 0 Å². The number of hydrogen-bond acceptors (Lipinski definition) is 6. The molecule has 8 nitrogen and oxygen atoms in total. The Morgan fingerprint density at radius 2 is 1.64 bits per heavy atom. The number of halogens is 1. The number of amidine groups is 1. The minimum absolute atomic E-state index is 0.0161. The van der Waals surface area contributed by atoms with Gasteiger partial charge in [0.1, 0.15) is 11.8 Å². The number of carbonyl (C=O) groups excluding carboxylic acids is 1. The summed E-state index contributed by atoms with van der Waals surface area (Å²) in [5, 5.41) is 12.5. The maximum atomic E-state index is 11.5. The Morgan fingerprint density at radius 3 is 2.15 bits per heavy atom. The zero-order valence-corrected chi connectivity index (χ0v) is 20.0. The van der Waals surface area contributed by atoms with Gasteiger partial charge in [-0.3, -0.25) is 9.80 Å². The van der Waals surface area contributed by atoms with Crippen LogP contribution in [-0.4, -0.2) is 78.6 Å². The summed E-state index contributed by atoms with van der Waals surface area (Å²) in [5.41, 5.74) is 2.83. The molecule has 1 unspecified atom stereocenters. The van der Waals surface area contributed by atoms with E-state index < -0.39 is 6.17 Å².